The van der Waals surface area contributed by atoms with Gasteiger partial charge in [-0.05, 0) is 37.3 Å². The smallest absolute Gasteiger partial charge is 0.338 e. The molecule has 0 fully saturated rings. The number of para-hydroxylation sites is 1. The standard InChI is InChI=1S/C17H17NO3/c1-12(2)17(20)21-15-8-9-16(19)13(10-15)11-18-14-6-4-3-5-7-14/h3-10,18-19H,1,11H2,2H3. The van der Waals surface area contributed by atoms with E-state index in [4.69, 9.17) is 4.74 Å². The Kier molecular flexibility index (Phi) is 4.61. The zero-order chi connectivity index (χ0) is 15.2. The summed E-state index contributed by atoms with van der Waals surface area (Å²) < 4.78 is 5.15. The van der Waals surface area contributed by atoms with Crippen LogP contribution in [0.15, 0.2) is 60.7 Å². The van der Waals surface area contributed by atoms with Crippen LogP contribution < -0.4 is 10.1 Å². The van der Waals surface area contributed by atoms with Gasteiger partial charge >= 0.3 is 5.97 Å². The highest BCUT2D eigenvalue weighted by atomic mass is 16.5. The molecule has 0 atom stereocenters. The number of carbonyl (C=O) groups is 1. The molecule has 0 amide bonds. The molecule has 0 unspecified atom stereocenters. The monoisotopic (exact) mass is 283 g/mol. The van der Waals surface area contributed by atoms with Gasteiger partial charge in [0, 0.05) is 23.4 Å². The molecule has 0 radical (unpaired) electrons. The molecule has 2 N–H and O–H groups in total. The SMILES string of the molecule is C=C(C)C(=O)Oc1ccc(O)c(CNc2ccccc2)c1. The quantitative estimate of drug-likeness (QED) is 0.501. The van der Waals surface area contributed by atoms with Crippen molar-refractivity contribution >= 4 is 11.7 Å². The van der Waals surface area contributed by atoms with E-state index in [9.17, 15) is 9.90 Å². The van der Waals surface area contributed by atoms with Gasteiger partial charge < -0.3 is 15.2 Å². The molecule has 2 aromatic carbocycles. The number of benzene rings is 2. The number of aromatic hydroxyl groups is 1. The summed E-state index contributed by atoms with van der Waals surface area (Å²) in [5, 5.41) is 13.0. The molecule has 4 heteroatoms. The van der Waals surface area contributed by atoms with E-state index in [1.807, 2.05) is 30.3 Å². The lowest BCUT2D eigenvalue weighted by molar-refractivity contribution is -0.130. The molecule has 0 aliphatic rings. The van der Waals surface area contributed by atoms with Crippen molar-refractivity contribution in [2.45, 2.75) is 13.5 Å². The van der Waals surface area contributed by atoms with Crippen molar-refractivity contribution in [1.29, 1.82) is 0 Å². The third-order valence-corrected chi connectivity index (χ3v) is 2.87. The number of ether oxygens (including phenoxy) is 1. The summed E-state index contributed by atoms with van der Waals surface area (Å²) in [7, 11) is 0. The fourth-order valence-electron chi connectivity index (χ4n) is 1.71. The molecule has 108 valence electrons. The van der Waals surface area contributed by atoms with Crippen LogP contribution >= 0.6 is 0 Å². The molecule has 0 saturated heterocycles. The van der Waals surface area contributed by atoms with Gasteiger partial charge in [0.05, 0.1) is 0 Å². The fraction of sp³-hybridized carbons (Fsp3) is 0.118. The summed E-state index contributed by atoms with van der Waals surface area (Å²) >= 11 is 0. The summed E-state index contributed by atoms with van der Waals surface area (Å²) in [5.74, 6) is 0.0434. The Balaban J connectivity index is 2.08. The number of anilines is 1. The highest BCUT2D eigenvalue weighted by molar-refractivity contribution is 5.88. The number of rotatable bonds is 5. The van der Waals surface area contributed by atoms with Crippen molar-refractivity contribution in [3.8, 4) is 11.5 Å². The zero-order valence-corrected chi connectivity index (χ0v) is 11.8. The number of nitrogens with one attached hydrogen (secondary N) is 1. The normalized spacial score (nSPS) is 9.95. The fourth-order valence-corrected chi connectivity index (χ4v) is 1.71. The van der Waals surface area contributed by atoms with Crippen molar-refractivity contribution in [2.75, 3.05) is 5.32 Å². The highest BCUT2D eigenvalue weighted by Crippen LogP contribution is 2.24. The van der Waals surface area contributed by atoms with E-state index in [0.29, 0.717) is 23.4 Å². The van der Waals surface area contributed by atoms with Crippen LogP contribution in [-0.2, 0) is 11.3 Å². The molecule has 4 nitrogen and oxygen atoms in total. The molecule has 0 aromatic heterocycles. The number of hydrogen-bond acceptors (Lipinski definition) is 4. The third kappa shape index (κ3) is 4.11. The Morgan fingerprint density at radius 1 is 1.24 bits per heavy atom. The van der Waals surface area contributed by atoms with Crippen LogP contribution in [0.4, 0.5) is 5.69 Å². The number of phenols is 1. The van der Waals surface area contributed by atoms with E-state index >= 15 is 0 Å². The van der Waals surface area contributed by atoms with Gasteiger partial charge in [0.1, 0.15) is 11.5 Å². The maximum Gasteiger partial charge on any atom is 0.338 e. The minimum atomic E-state index is -0.484. The first kappa shape index (κ1) is 14.7. The predicted molar refractivity (Wildman–Crippen MR) is 82.3 cm³/mol. The van der Waals surface area contributed by atoms with Crippen LogP contribution in [0.2, 0.25) is 0 Å². The number of hydrogen-bond donors (Lipinski definition) is 2. The Morgan fingerprint density at radius 3 is 2.62 bits per heavy atom. The molecular weight excluding hydrogens is 266 g/mol. The van der Waals surface area contributed by atoms with Gasteiger partial charge in [-0.1, -0.05) is 24.8 Å². The van der Waals surface area contributed by atoms with Crippen molar-refractivity contribution in [1.82, 2.24) is 0 Å². The maximum atomic E-state index is 11.5. The van der Waals surface area contributed by atoms with Crippen molar-refractivity contribution in [3.63, 3.8) is 0 Å². The third-order valence-electron chi connectivity index (χ3n) is 2.87. The molecule has 2 aromatic rings. The minimum Gasteiger partial charge on any atom is -0.508 e. The Morgan fingerprint density at radius 2 is 1.95 bits per heavy atom. The van der Waals surface area contributed by atoms with E-state index < -0.39 is 5.97 Å². The summed E-state index contributed by atoms with van der Waals surface area (Å²) in [5.41, 5.74) is 1.92. The second-order valence-corrected chi connectivity index (χ2v) is 4.68. The molecule has 0 heterocycles. The minimum absolute atomic E-state index is 0.147. The van der Waals surface area contributed by atoms with Crippen LogP contribution in [0.25, 0.3) is 0 Å². The van der Waals surface area contributed by atoms with Gasteiger partial charge in [-0.3, -0.25) is 0 Å². The molecule has 0 bridgehead atoms. The lowest BCUT2D eigenvalue weighted by Gasteiger charge is -2.10. The Hall–Kier alpha value is -2.75. The molecule has 0 saturated carbocycles. The second-order valence-electron chi connectivity index (χ2n) is 4.68. The van der Waals surface area contributed by atoms with Gasteiger partial charge in [0.25, 0.3) is 0 Å². The van der Waals surface area contributed by atoms with Gasteiger partial charge in [0.15, 0.2) is 0 Å². The summed E-state index contributed by atoms with van der Waals surface area (Å²) in [6.45, 7) is 5.54. The summed E-state index contributed by atoms with van der Waals surface area (Å²) in [6, 6.07) is 14.3. The Bertz CT molecular complexity index is 650. The number of esters is 1. The molecule has 0 aliphatic heterocycles. The van der Waals surface area contributed by atoms with Crippen LogP contribution in [0.3, 0.4) is 0 Å². The van der Waals surface area contributed by atoms with Crippen molar-refractivity contribution in [3.05, 3.63) is 66.2 Å². The largest absolute Gasteiger partial charge is 0.508 e. The van der Waals surface area contributed by atoms with Crippen LogP contribution in [0.5, 0.6) is 11.5 Å². The van der Waals surface area contributed by atoms with Gasteiger partial charge in [-0.15, -0.1) is 0 Å². The maximum absolute atomic E-state index is 11.5. The van der Waals surface area contributed by atoms with E-state index in [-0.39, 0.29) is 5.75 Å². The summed E-state index contributed by atoms with van der Waals surface area (Å²) in [4.78, 5) is 11.5. The van der Waals surface area contributed by atoms with E-state index in [2.05, 4.69) is 11.9 Å². The van der Waals surface area contributed by atoms with Gasteiger partial charge in [0.2, 0.25) is 0 Å². The van der Waals surface area contributed by atoms with Crippen molar-refractivity contribution in [2.24, 2.45) is 0 Å². The lowest BCUT2D eigenvalue weighted by Crippen LogP contribution is -2.08. The van der Waals surface area contributed by atoms with E-state index in [1.54, 1.807) is 19.1 Å². The first-order chi connectivity index (χ1) is 10.1. The molecule has 0 spiro atoms. The first-order valence-electron chi connectivity index (χ1n) is 6.55. The number of carbonyl (C=O) groups excluding carboxylic acids is 1. The van der Waals surface area contributed by atoms with Crippen LogP contribution in [0, 0.1) is 0 Å². The van der Waals surface area contributed by atoms with Crippen LogP contribution in [0.1, 0.15) is 12.5 Å². The van der Waals surface area contributed by atoms with Gasteiger partial charge in [-0.25, -0.2) is 4.79 Å². The predicted octanol–water partition coefficient (Wildman–Crippen LogP) is 3.49. The lowest BCUT2D eigenvalue weighted by atomic mass is 10.2. The van der Waals surface area contributed by atoms with E-state index in [1.165, 1.54) is 6.07 Å². The van der Waals surface area contributed by atoms with E-state index in [0.717, 1.165) is 5.69 Å². The van der Waals surface area contributed by atoms with Gasteiger partial charge in [-0.2, -0.15) is 0 Å². The molecule has 2 rings (SSSR count). The molecule has 21 heavy (non-hydrogen) atoms. The average molecular weight is 283 g/mol. The van der Waals surface area contributed by atoms with Crippen molar-refractivity contribution < 1.29 is 14.6 Å². The topological polar surface area (TPSA) is 58.6 Å². The average Bonchev–Trinajstić information content (AvgIpc) is 2.48. The second kappa shape index (κ2) is 6.61. The molecular formula is C17H17NO3. The summed E-state index contributed by atoms with van der Waals surface area (Å²) in [6.07, 6.45) is 0. The first-order valence-corrected chi connectivity index (χ1v) is 6.55. The number of phenolic OH excluding ortho intramolecular Hbond substituents is 1. The zero-order valence-electron chi connectivity index (χ0n) is 11.8. The Labute approximate surface area is 123 Å². The van der Waals surface area contributed by atoms with Crippen LogP contribution in [-0.4, -0.2) is 11.1 Å². The molecule has 0 aliphatic carbocycles. The highest BCUT2D eigenvalue weighted by Gasteiger charge is 2.08.